The highest BCUT2D eigenvalue weighted by atomic mass is 32.1. The van der Waals surface area contributed by atoms with Gasteiger partial charge in [-0.3, -0.25) is 19.6 Å². The SMILES string of the molecule is Nc1[nH]c(=O)[nH]c(=O)c1C(=S)CC(=O)Nc1nc(-c2ccc(C(F)(F)F)c(F)c2)cs1. The maximum Gasteiger partial charge on any atom is 0.419 e. The molecule has 1 aromatic carbocycles. The van der Waals surface area contributed by atoms with Crippen molar-refractivity contribution in [3.8, 4) is 11.3 Å². The average molecular weight is 473 g/mol. The van der Waals surface area contributed by atoms with Crippen molar-refractivity contribution in [3.63, 3.8) is 0 Å². The van der Waals surface area contributed by atoms with Crippen molar-refractivity contribution < 1.29 is 22.4 Å². The maximum absolute atomic E-state index is 13.8. The van der Waals surface area contributed by atoms with Crippen LogP contribution in [0.5, 0.6) is 0 Å². The largest absolute Gasteiger partial charge is 0.419 e. The zero-order valence-corrected chi connectivity index (χ0v) is 16.7. The first-order valence-electron chi connectivity index (χ1n) is 8.23. The number of H-pyrrole nitrogens is 2. The van der Waals surface area contributed by atoms with E-state index in [9.17, 15) is 31.9 Å². The Bertz CT molecular complexity index is 1300. The fourth-order valence-corrected chi connectivity index (χ4v) is 3.62. The molecule has 0 aliphatic rings. The number of amides is 1. The van der Waals surface area contributed by atoms with E-state index in [-0.39, 0.29) is 32.6 Å². The average Bonchev–Trinajstić information content (AvgIpc) is 3.07. The minimum atomic E-state index is -4.82. The molecule has 31 heavy (non-hydrogen) atoms. The van der Waals surface area contributed by atoms with Gasteiger partial charge in [-0.2, -0.15) is 13.2 Å². The molecular formula is C17H11F4N5O3S2. The third-order valence-electron chi connectivity index (χ3n) is 3.89. The van der Waals surface area contributed by atoms with Crippen molar-refractivity contribution in [3.05, 3.63) is 61.4 Å². The topological polar surface area (TPSA) is 134 Å². The predicted octanol–water partition coefficient (Wildman–Crippen LogP) is 2.67. The zero-order chi connectivity index (χ0) is 22.9. The first kappa shape index (κ1) is 22.3. The smallest absolute Gasteiger partial charge is 0.384 e. The molecule has 2 heterocycles. The van der Waals surface area contributed by atoms with Crippen molar-refractivity contribution in [1.29, 1.82) is 0 Å². The van der Waals surface area contributed by atoms with Gasteiger partial charge in [0.05, 0.1) is 23.2 Å². The van der Waals surface area contributed by atoms with Gasteiger partial charge in [0.1, 0.15) is 11.6 Å². The van der Waals surface area contributed by atoms with Gasteiger partial charge >= 0.3 is 11.9 Å². The van der Waals surface area contributed by atoms with Crippen LogP contribution in [0.4, 0.5) is 28.5 Å². The van der Waals surface area contributed by atoms with E-state index in [0.29, 0.717) is 12.1 Å². The summed E-state index contributed by atoms with van der Waals surface area (Å²) >= 11 is 5.98. The van der Waals surface area contributed by atoms with Crippen LogP contribution in [0.3, 0.4) is 0 Å². The fraction of sp³-hybridized carbons (Fsp3) is 0.118. The number of rotatable bonds is 5. The van der Waals surface area contributed by atoms with Crippen LogP contribution in [0.15, 0.2) is 33.2 Å². The first-order valence-corrected chi connectivity index (χ1v) is 9.52. The van der Waals surface area contributed by atoms with E-state index in [4.69, 9.17) is 18.0 Å². The van der Waals surface area contributed by atoms with Crippen molar-refractivity contribution in [1.82, 2.24) is 15.0 Å². The van der Waals surface area contributed by atoms with E-state index in [1.165, 1.54) is 5.38 Å². The molecule has 3 aromatic rings. The van der Waals surface area contributed by atoms with Crippen LogP contribution in [0.1, 0.15) is 17.5 Å². The van der Waals surface area contributed by atoms with Crippen LogP contribution in [0.25, 0.3) is 11.3 Å². The van der Waals surface area contributed by atoms with E-state index in [2.05, 4.69) is 15.3 Å². The Balaban J connectivity index is 1.72. The molecule has 14 heteroatoms. The monoisotopic (exact) mass is 473 g/mol. The molecule has 3 rings (SSSR count). The molecule has 0 aliphatic heterocycles. The highest BCUT2D eigenvalue weighted by molar-refractivity contribution is 7.81. The molecule has 8 nitrogen and oxygen atoms in total. The number of nitrogens with zero attached hydrogens (tertiary/aromatic N) is 1. The van der Waals surface area contributed by atoms with Crippen LogP contribution >= 0.6 is 23.6 Å². The van der Waals surface area contributed by atoms with Gasteiger partial charge in [0.15, 0.2) is 5.13 Å². The maximum atomic E-state index is 13.8. The number of thiocarbonyl (C=S) groups is 1. The van der Waals surface area contributed by atoms with Gasteiger partial charge in [-0.25, -0.2) is 14.2 Å². The van der Waals surface area contributed by atoms with Crippen LogP contribution in [-0.4, -0.2) is 25.7 Å². The van der Waals surface area contributed by atoms with Crippen LogP contribution in [0, 0.1) is 5.82 Å². The van der Waals surface area contributed by atoms with Gasteiger partial charge in [0.25, 0.3) is 5.56 Å². The Kier molecular flexibility index (Phi) is 6.03. The van der Waals surface area contributed by atoms with Gasteiger partial charge in [-0.15, -0.1) is 11.3 Å². The molecular weight excluding hydrogens is 462 g/mol. The molecule has 1 amide bonds. The number of carbonyl (C=O) groups excluding carboxylic acids is 1. The van der Waals surface area contributed by atoms with Crippen LogP contribution < -0.4 is 22.3 Å². The van der Waals surface area contributed by atoms with E-state index in [1.807, 2.05) is 4.98 Å². The lowest BCUT2D eigenvalue weighted by Crippen LogP contribution is -2.30. The summed E-state index contributed by atoms with van der Waals surface area (Å²) in [6.07, 6.45) is -5.25. The lowest BCUT2D eigenvalue weighted by Gasteiger charge is -2.08. The van der Waals surface area contributed by atoms with Crippen molar-refractivity contribution in [2.45, 2.75) is 12.6 Å². The van der Waals surface area contributed by atoms with Gasteiger partial charge in [-0.1, -0.05) is 18.3 Å². The summed E-state index contributed by atoms with van der Waals surface area (Å²) in [5.74, 6) is -2.39. The lowest BCUT2D eigenvalue weighted by molar-refractivity contribution is -0.140. The molecule has 162 valence electrons. The summed E-state index contributed by atoms with van der Waals surface area (Å²) in [6, 6.07) is 2.36. The van der Waals surface area contributed by atoms with E-state index >= 15 is 0 Å². The first-order chi connectivity index (χ1) is 14.5. The number of halogens is 4. The second-order valence-corrected chi connectivity index (χ2v) is 7.43. The van der Waals surface area contributed by atoms with Gasteiger partial charge < -0.3 is 11.1 Å². The molecule has 0 aliphatic carbocycles. The molecule has 0 fully saturated rings. The molecule has 0 unspecified atom stereocenters. The standard InChI is InChI=1S/C17H11F4N5O3S2/c18-8-3-6(1-2-7(8)17(19,20)21)9-5-31-16(23-9)24-11(27)4-10(30)12-13(22)25-15(29)26-14(12)28/h1-3,5H,4H2,(H,23,24,27)(H4,22,25,26,28,29). The van der Waals surface area contributed by atoms with Crippen molar-refractivity contribution >= 4 is 45.3 Å². The molecule has 0 saturated heterocycles. The summed E-state index contributed by atoms with van der Waals surface area (Å²) in [4.78, 5) is 43.2. The highest BCUT2D eigenvalue weighted by Crippen LogP contribution is 2.34. The molecule has 0 saturated carbocycles. The highest BCUT2D eigenvalue weighted by Gasteiger charge is 2.34. The summed E-state index contributed by atoms with van der Waals surface area (Å²) in [5, 5.41) is 3.91. The number of alkyl halides is 3. The minimum absolute atomic E-state index is 0.0754. The normalized spacial score (nSPS) is 11.4. The number of nitrogen functional groups attached to an aromatic ring is 1. The van der Waals surface area contributed by atoms with Crippen molar-refractivity contribution in [2.24, 2.45) is 0 Å². The summed E-state index contributed by atoms with van der Waals surface area (Å²) in [6.45, 7) is 0. The summed E-state index contributed by atoms with van der Waals surface area (Å²) in [5.41, 5.74) is 2.51. The number of thiazole rings is 1. The van der Waals surface area contributed by atoms with Crippen molar-refractivity contribution in [2.75, 3.05) is 11.1 Å². The number of aromatic amines is 2. The second-order valence-electron chi connectivity index (χ2n) is 6.08. The molecule has 0 radical (unpaired) electrons. The number of nitrogens with two attached hydrogens (primary N) is 1. The Morgan fingerprint density at radius 2 is 1.97 bits per heavy atom. The minimum Gasteiger partial charge on any atom is -0.384 e. The van der Waals surface area contributed by atoms with E-state index in [1.54, 1.807) is 0 Å². The quantitative estimate of drug-likeness (QED) is 0.256. The number of hydrogen-bond donors (Lipinski definition) is 4. The Morgan fingerprint density at radius 1 is 1.26 bits per heavy atom. The van der Waals surface area contributed by atoms with Crippen LogP contribution in [0.2, 0.25) is 0 Å². The number of hydrogen-bond acceptors (Lipinski definition) is 7. The van der Waals surface area contributed by atoms with Gasteiger partial charge in [0.2, 0.25) is 5.91 Å². The Hall–Kier alpha value is -3.39. The Labute approximate surface area is 179 Å². The molecule has 2 aromatic heterocycles. The van der Waals surface area contributed by atoms with E-state index < -0.39 is 41.1 Å². The number of benzene rings is 1. The zero-order valence-electron chi connectivity index (χ0n) is 15.1. The molecule has 0 atom stereocenters. The van der Waals surface area contributed by atoms with Crippen LogP contribution in [-0.2, 0) is 11.0 Å². The summed E-state index contributed by atoms with van der Waals surface area (Å²) in [7, 11) is 0. The lowest BCUT2D eigenvalue weighted by atomic mass is 10.1. The third kappa shape index (κ3) is 5.03. The molecule has 5 N–H and O–H groups in total. The second kappa shape index (κ2) is 8.39. The van der Waals surface area contributed by atoms with E-state index in [0.717, 1.165) is 17.4 Å². The number of anilines is 2. The fourth-order valence-electron chi connectivity index (χ4n) is 2.55. The third-order valence-corrected chi connectivity index (χ3v) is 5.00. The number of nitrogens with one attached hydrogen (secondary N) is 3. The Morgan fingerprint density at radius 3 is 2.58 bits per heavy atom. The number of carbonyl (C=O) groups is 1. The molecule has 0 bridgehead atoms. The summed E-state index contributed by atoms with van der Waals surface area (Å²) < 4.78 is 51.8. The number of aromatic nitrogens is 3. The van der Waals surface area contributed by atoms with Gasteiger partial charge in [0, 0.05) is 15.8 Å². The predicted molar refractivity (Wildman–Crippen MR) is 110 cm³/mol. The molecule has 0 spiro atoms. The van der Waals surface area contributed by atoms with Gasteiger partial charge in [-0.05, 0) is 12.1 Å².